The fourth-order valence-corrected chi connectivity index (χ4v) is 3.73. The first-order valence-corrected chi connectivity index (χ1v) is 8.17. The van der Waals surface area contributed by atoms with Gasteiger partial charge in [-0.05, 0) is 88.4 Å². The molecule has 2 N–H and O–H groups in total. The zero-order chi connectivity index (χ0) is 12.8. The molecule has 106 valence electrons. The molecule has 0 unspecified atom stereocenters. The van der Waals surface area contributed by atoms with Gasteiger partial charge in [-0.15, -0.1) is 0 Å². The smallest absolute Gasteiger partial charge is 0.00463 e. The maximum absolute atomic E-state index is 3.49. The van der Waals surface area contributed by atoms with Crippen LogP contribution in [0.25, 0.3) is 0 Å². The highest BCUT2D eigenvalue weighted by Crippen LogP contribution is 2.33. The zero-order valence-corrected chi connectivity index (χ0v) is 12.4. The number of rotatable bonds is 5. The van der Waals surface area contributed by atoms with E-state index in [-0.39, 0.29) is 0 Å². The predicted octanol–water partition coefficient (Wildman–Crippen LogP) is 3.04. The molecule has 0 amide bonds. The molecule has 2 rings (SSSR count). The third-order valence-corrected chi connectivity index (χ3v) is 5.13. The first-order valence-electron chi connectivity index (χ1n) is 8.17. The summed E-state index contributed by atoms with van der Waals surface area (Å²) in [7, 11) is 0. The summed E-state index contributed by atoms with van der Waals surface area (Å²) < 4.78 is 0. The third-order valence-electron chi connectivity index (χ3n) is 5.13. The van der Waals surface area contributed by atoms with Crippen molar-refractivity contribution >= 4 is 0 Å². The van der Waals surface area contributed by atoms with Crippen molar-refractivity contribution in [2.75, 3.05) is 26.2 Å². The Bertz CT molecular complexity index is 195. The van der Waals surface area contributed by atoms with Gasteiger partial charge in [0.15, 0.2) is 0 Å². The van der Waals surface area contributed by atoms with E-state index in [1.165, 1.54) is 64.7 Å². The fourth-order valence-electron chi connectivity index (χ4n) is 3.73. The minimum atomic E-state index is 0.870. The van der Waals surface area contributed by atoms with Crippen molar-refractivity contribution in [1.82, 2.24) is 10.6 Å². The molecule has 0 radical (unpaired) electrons. The molecular weight excluding hydrogens is 220 g/mol. The minimum Gasteiger partial charge on any atom is -0.317 e. The van der Waals surface area contributed by atoms with Crippen LogP contribution >= 0.6 is 0 Å². The summed E-state index contributed by atoms with van der Waals surface area (Å²) in [6.45, 7) is 9.89. The molecule has 2 fully saturated rings. The third kappa shape index (κ3) is 4.55. The average molecular weight is 252 g/mol. The fraction of sp³-hybridized carbons (Fsp3) is 1.00. The molecule has 18 heavy (non-hydrogen) atoms. The number of nitrogens with one attached hydrogen (secondary N) is 2. The van der Waals surface area contributed by atoms with Crippen molar-refractivity contribution in [1.29, 1.82) is 0 Å². The predicted molar refractivity (Wildman–Crippen MR) is 78.7 cm³/mol. The van der Waals surface area contributed by atoms with E-state index in [2.05, 4.69) is 24.5 Å². The Hall–Kier alpha value is -0.0800. The van der Waals surface area contributed by atoms with Crippen molar-refractivity contribution in [3.05, 3.63) is 0 Å². The van der Waals surface area contributed by atoms with Crippen LogP contribution in [0.5, 0.6) is 0 Å². The summed E-state index contributed by atoms with van der Waals surface area (Å²) in [5, 5.41) is 6.98. The summed E-state index contributed by atoms with van der Waals surface area (Å²) in [4.78, 5) is 0. The van der Waals surface area contributed by atoms with Gasteiger partial charge in [0.05, 0.1) is 0 Å². The monoisotopic (exact) mass is 252 g/mol. The van der Waals surface area contributed by atoms with Gasteiger partial charge in [0.2, 0.25) is 0 Å². The van der Waals surface area contributed by atoms with E-state index in [1.54, 1.807) is 0 Å². The van der Waals surface area contributed by atoms with Crippen molar-refractivity contribution < 1.29 is 0 Å². The molecule has 0 bridgehead atoms. The molecule has 0 aromatic rings. The molecule has 0 aromatic carbocycles. The molecule has 2 aliphatic heterocycles. The summed E-state index contributed by atoms with van der Waals surface area (Å²) in [5.74, 6) is 3.84. The first kappa shape index (κ1) is 14.3. The van der Waals surface area contributed by atoms with Gasteiger partial charge in [0.25, 0.3) is 0 Å². The van der Waals surface area contributed by atoms with Crippen molar-refractivity contribution in [2.45, 2.75) is 52.4 Å². The zero-order valence-electron chi connectivity index (χ0n) is 12.4. The van der Waals surface area contributed by atoms with Crippen molar-refractivity contribution in [2.24, 2.45) is 23.7 Å². The lowest BCUT2D eigenvalue weighted by Gasteiger charge is -2.33. The maximum Gasteiger partial charge on any atom is -0.00463 e. The second kappa shape index (κ2) is 7.49. The van der Waals surface area contributed by atoms with Gasteiger partial charge in [0, 0.05) is 0 Å². The minimum absolute atomic E-state index is 0.870. The van der Waals surface area contributed by atoms with Gasteiger partial charge in [-0.3, -0.25) is 0 Å². The Labute approximate surface area is 113 Å². The largest absolute Gasteiger partial charge is 0.317 e. The summed E-state index contributed by atoms with van der Waals surface area (Å²) in [5.41, 5.74) is 0. The average Bonchev–Trinajstić information content (AvgIpc) is 2.40. The van der Waals surface area contributed by atoms with Crippen LogP contribution in [0, 0.1) is 23.7 Å². The number of hydrogen-bond acceptors (Lipinski definition) is 2. The lowest BCUT2D eigenvalue weighted by atomic mass is 9.76. The Morgan fingerprint density at radius 3 is 1.50 bits per heavy atom. The highest BCUT2D eigenvalue weighted by atomic mass is 14.9. The molecule has 2 saturated heterocycles. The quantitative estimate of drug-likeness (QED) is 0.786. The molecule has 2 heteroatoms. The topological polar surface area (TPSA) is 24.1 Å². The van der Waals surface area contributed by atoms with E-state index in [4.69, 9.17) is 0 Å². The van der Waals surface area contributed by atoms with Gasteiger partial charge < -0.3 is 10.6 Å². The standard InChI is InChI=1S/C16H32N2/c1-13(2)16(11-14-3-7-17-8-4-14)12-15-5-9-18-10-6-15/h13-18H,3-12H2,1-2H3. The van der Waals surface area contributed by atoms with Gasteiger partial charge >= 0.3 is 0 Å². The maximum atomic E-state index is 3.49. The molecular formula is C16H32N2. The van der Waals surface area contributed by atoms with Crippen LogP contribution in [0.4, 0.5) is 0 Å². The van der Waals surface area contributed by atoms with Gasteiger partial charge in [-0.25, -0.2) is 0 Å². The van der Waals surface area contributed by atoms with Crippen LogP contribution in [0.3, 0.4) is 0 Å². The number of piperidine rings is 2. The Kier molecular flexibility index (Phi) is 5.97. The summed E-state index contributed by atoms with van der Waals surface area (Å²) >= 11 is 0. The van der Waals surface area contributed by atoms with Crippen LogP contribution in [-0.2, 0) is 0 Å². The van der Waals surface area contributed by atoms with Crippen LogP contribution in [0.15, 0.2) is 0 Å². The van der Waals surface area contributed by atoms with E-state index >= 15 is 0 Å². The Balaban J connectivity index is 1.78. The van der Waals surface area contributed by atoms with Crippen LogP contribution in [0.1, 0.15) is 52.4 Å². The van der Waals surface area contributed by atoms with Crippen molar-refractivity contribution in [3.63, 3.8) is 0 Å². The number of hydrogen-bond donors (Lipinski definition) is 2. The van der Waals surface area contributed by atoms with E-state index < -0.39 is 0 Å². The second-order valence-corrected chi connectivity index (χ2v) is 6.86. The molecule has 0 aliphatic carbocycles. The first-order chi connectivity index (χ1) is 8.75. The summed E-state index contributed by atoms with van der Waals surface area (Å²) in [6.07, 6.45) is 8.63. The molecule has 0 atom stereocenters. The van der Waals surface area contributed by atoms with Crippen LogP contribution < -0.4 is 10.6 Å². The highest BCUT2D eigenvalue weighted by Gasteiger charge is 2.24. The molecule has 0 saturated carbocycles. The molecule has 0 aromatic heterocycles. The molecule has 0 spiro atoms. The molecule has 2 nitrogen and oxygen atoms in total. The van der Waals surface area contributed by atoms with Gasteiger partial charge in [-0.1, -0.05) is 13.8 Å². The van der Waals surface area contributed by atoms with E-state index in [9.17, 15) is 0 Å². The molecule has 2 heterocycles. The van der Waals surface area contributed by atoms with Crippen LogP contribution in [-0.4, -0.2) is 26.2 Å². The molecule has 2 aliphatic rings. The van der Waals surface area contributed by atoms with E-state index in [1.807, 2.05) is 0 Å². The van der Waals surface area contributed by atoms with Crippen LogP contribution in [0.2, 0.25) is 0 Å². The highest BCUT2D eigenvalue weighted by molar-refractivity contribution is 4.78. The second-order valence-electron chi connectivity index (χ2n) is 6.86. The van der Waals surface area contributed by atoms with Gasteiger partial charge in [-0.2, -0.15) is 0 Å². The lowest BCUT2D eigenvalue weighted by molar-refractivity contribution is 0.200. The lowest BCUT2D eigenvalue weighted by Crippen LogP contribution is -2.32. The SMILES string of the molecule is CC(C)C(CC1CCNCC1)CC1CCNCC1. The van der Waals surface area contributed by atoms with E-state index in [0.29, 0.717) is 0 Å². The van der Waals surface area contributed by atoms with Gasteiger partial charge in [0.1, 0.15) is 0 Å². The van der Waals surface area contributed by atoms with E-state index in [0.717, 1.165) is 23.7 Å². The normalized spacial score (nSPS) is 24.0. The Morgan fingerprint density at radius 1 is 0.778 bits per heavy atom. The van der Waals surface area contributed by atoms with Crippen molar-refractivity contribution in [3.8, 4) is 0 Å². The Morgan fingerprint density at radius 2 is 1.17 bits per heavy atom. The summed E-state index contributed by atoms with van der Waals surface area (Å²) in [6, 6.07) is 0.